The molecule has 0 unspecified atom stereocenters. The Morgan fingerprint density at radius 1 is 1.06 bits per heavy atom. The van der Waals surface area contributed by atoms with Crippen LogP contribution in [0.3, 0.4) is 0 Å². The zero-order chi connectivity index (χ0) is 13.8. The van der Waals surface area contributed by atoms with Gasteiger partial charge in [0.1, 0.15) is 8.07 Å². The van der Waals surface area contributed by atoms with Gasteiger partial charge in [-0.2, -0.15) is 13.2 Å². The van der Waals surface area contributed by atoms with E-state index >= 15 is 0 Å². The zero-order valence-electron chi connectivity index (χ0n) is 10.6. The van der Waals surface area contributed by atoms with Gasteiger partial charge in [0.15, 0.2) is 0 Å². The minimum atomic E-state index is -4.28. The first-order valence-corrected chi connectivity index (χ1v) is 9.05. The first-order chi connectivity index (χ1) is 8.18. The average molecular weight is 268 g/mol. The molecule has 0 saturated carbocycles. The van der Waals surface area contributed by atoms with Crippen molar-refractivity contribution in [3.63, 3.8) is 0 Å². The molecule has 0 bridgehead atoms. The molecular weight excluding hydrogens is 253 g/mol. The molecule has 0 saturated heterocycles. The molecule has 0 fully saturated rings. The molecule has 0 aliphatic rings. The fraction of sp³-hybridized carbons (Fsp3) is 0.286. The van der Waals surface area contributed by atoms with E-state index in [1.54, 1.807) is 12.2 Å². The highest BCUT2D eigenvalue weighted by Gasteiger charge is 2.29. The summed E-state index contributed by atoms with van der Waals surface area (Å²) in [4.78, 5) is 0. The molecule has 0 spiro atoms. The molecule has 0 atom stereocenters. The van der Waals surface area contributed by atoms with Crippen LogP contribution in [0.15, 0.2) is 30.3 Å². The van der Waals surface area contributed by atoms with Crippen molar-refractivity contribution in [1.82, 2.24) is 0 Å². The number of halogens is 3. The van der Waals surface area contributed by atoms with E-state index in [4.69, 9.17) is 0 Å². The third-order valence-electron chi connectivity index (χ3n) is 2.04. The lowest BCUT2D eigenvalue weighted by atomic mass is 10.1. The third-order valence-corrected chi connectivity index (χ3v) is 2.94. The molecule has 1 rings (SSSR count). The second-order valence-corrected chi connectivity index (χ2v) is 9.72. The average Bonchev–Trinajstić information content (AvgIpc) is 2.22. The topological polar surface area (TPSA) is 0 Å². The molecule has 1 aromatic rings. The summed E-state index contributed by atoms with van der Waals surface area (Å²) < 4.78 is 37.0. The number of rotatable bonds is 1. The quantitative estimate of drug-likeness (QED) is 0.516. The maximum atomic E-state index is 12.3. The Morgan fingerprint density at radius 2 is 1.61 bits per heavy atom. The molecule has 0 amide bonds. The molecule has 0 aromatic heterocycles. The number of benzene rings is 1. The molecule has 1 aromatic carbocycles. The zero-order valence-corrected chi connectivity index (χ0v) is 11.6. The monoisotopic (exact) mass is 268 g/mol. The van der Waals surface area contributed by atoms with Gasteiger partial charge in [-0.25, -0.2) is 0 Å². The van der Waals surface area contributed by atoms with Gasteiger partial charge in [-0.3, -0.25) is 0 Å². The van der Waals surface area contributed by atoms with Crippen molar-refractivity contribution in [1.29, 1.82) is 0 Å². The van der Waals surface area contributed by atoms with E-state index in [1.807, 2.05) is 0 Å². The van der Waals surface area contributed by atoms with Crippen molar-refractivity contribution in [2.45, 2.75) is 25.8 Å². The Hall–Kier alpha value is -1.47. The Labute approximate surface area is 107 Å². The van der Waals surface area contributed by atoms with E-state index in [1.165, 1.54) is 12.1 Å². The van der Waals surface area contributed by atoms with E-state index in [2.05, 4.69) is 31.1 Å². The number of hydrogen-bond donors (Lipinski definition) is 0. The van der Waals surface area contributed by atoms with Crippen molar-refractivity contribution >= 4 is 14.1 Å². The summed E-state index contributed by atoms with van der Waals surface area (Å²) in [7, 11) is -1.39. The van der Waals surface area contributed by atoms with Crippen LogP contribution in [0.1, 0.15) is 11.1 Å². The summed E-state index contributed by atoms with van der Waals surface area (Å²) in [5.41, 5.74) is 3.23. The predicted octanol–water partition coefficient (Wildman–Crippen LogP) is 4.60. The van der Waals surface area contributed by atoms with Crippen molar-refractivity contribution in [3.05, 3.63) is 41.5 Å². The highest BCUT2D eigenvalue weighted by atomic mass is 28.3. The highest BCUT2D eigenvalue weighted by Crippen LogP contribution is 2.29. The van der Waals surface area contributed by atoms with Crippen LogP contribution in [0.25, 0.3) is 6.08 Å². The number of allylic oxidation sites excluding steroid dienone is 1. The maximum absolute atomic E-state index is 12.3. The Morgan fingerprint density at radius 3 is 2.06 bits per heavy atom. The van der Waals surface area contributed by atoms with Crippen LogP contribution in [0.2, 0.25) is 19.6 Å². The molecule has 0 aliphatic carbocycles. The summed E-state index contributed by atoms with van der Waals surface area (Å²) in [6.45, 7) is 6.39. The third kappa shape index (κ3) is 5.24. The van der Waals surface area contributed by atoms with Crippen molar-refractivity contribution in [2.75, 3.05) is 0 Å². The second-order valence-electron chi connectivity index (χ2n) is 4.97. The van der Waals surface area contributed by atoms with Crippen LogP contribution in [-0.2, 0) is 6.18 Å². The fourth-order valence-electron chi connectivity index (χ4n) is 1.18. The largest absolute Gasteiger partial charge is 0.416 e. The lowest BCUT2D eigenvalue weighted by Gasteiger charge is -2.05. The summed E-state index contributed by atoms with van der Waals surface area (Å²) in [6.07, 6.45) is -0.881. The molecule has 0 aliphatic heterocycles. The van der Waals surface area contributed by atoms with Crippen LogP contribution in [0.5, 0.6) is 0 Å². The van der Waals surface area contributed by atoms with Gasteiger partial charge in [0, 0.05) is 0 Å². The lowest BCUT2D eigenvalue weighted by molar-refractivity contribution is -0.137. The smallest absolute Gasteiger partial charge is 0.166 e. The van der Waals surface area contributed by atoms with Crippen LogP contribution < -0.4 is 0 Å². The van der Waals surface area contributed by atoms with Gasteiger partial charge < -0.3 is 0 Å². The van der Waals surface area contributed by atoms with Crippen molar-refractivity contribution in [3.8, 4) is 11.5 Å². The number of hydrogen-bond acceptors (Lipinski definition) is 0. The Bertz CT molecular complexity index is 479. The van der Waals surface area contributed by atoms with Crippen LogP contribution in [0.4, 0.5) is 13.2 Å². The van der Waals surface area contributed by atoms with Crippen LogP contribution in [0, 0.1) is 11.5 Å². The van der Waals surface area contributed by atoms with Crippen LogP contribution >= 0.6 is 0 Å². The molecule has 4 heteroatoms. The first kappa shape index (κ1) is 14.6. The summed E-state index contributed by atoms with van der Waals surface area (Å²) in [5.74, 6) is 2.93. The van der Waals surface area contributed by atoms with Gasteiger partial charge in [0.05, 0.1) is 5.56 Å². The minimum Gasteiger partial charge on any atom is -0.166 e. The van der Waals surface area contributed by atoms with Gasteiger partial charge in [-0.15, -0.1) is 5.54 Å². The van der Waals surface area contributed by atoms with Gasteiger partial charge in [0.2, 0.25) is 0 Å². The second kappa shape index (κ2) is 5.45. The molecular formula is C14H15F3Si. The normalized spacial score (nSPS) is 12.3. The lowest BCUT2D eigenvalue weighted by Crippen LogP contribution is -2.16. The van der Waals surface area contributed by atoms with Gasteiger partial charge in [-0.05, 0) is 29.8 Å². The van der Waals surface area contributed by atoms with E-state index in [0.29, 0.717) is 5.56 Å². The molecule has 96 valence electrons. The summed E-state index contributed by atoms with van der Waals surface area (Å²) in [5, 5.41) is 0. The maximum Gasteiger partial charge on any atom is 0.416 e. The molecule has 0 radical (unpaired) electrons. The summed E-state index contributed by atoms with van der Waals surface area (Å²) >= 11 is 0. The van der Waals surface area contributed by atoms with Crippen molar-refractivity contribution < 1.29 is 13.2 Å². The highest BCUT2D eigenvalue weighted by molar-refractivity contribution is 6.83. The van der Waals surface area contributed by atoms with Gasteiger partial charge in [-0.1, -0.05) is 37.7 Å². The molecule has 0 heterocycles. The predicted molar refractivity (Wildman–Crippen MR) is 71.6 cm³/mol. The first-order valence-electron chi connectivity index (χ1n) is 5.55. The van der Waals surface area contributed by atoms with E-state index in [0.717, 1.165) is 12.1 Å². The Kier molecular flexibility index (Phi) is 4.41. The minimum absolute atomic E-state index is 0.632. The van der Waals surface area contributed by atoms with Gasteiger partial charge >= 0.3 is 6.18 Å². The van der Waals surface area contributed by atoms with E-state index < -0.39 is 19.8 Å². The Balaban J connectivity index is 2.75. The molecule has 18 heavy (non-hydrogen) atoms. The van der Waals surface area contributed by atoms with Crippen LogP contribution in [-0.4, -0.2) is 8.07 Å². The summed E-state index contributed by atoms with van der Waals surface area (Å²) in [6, 6.07) is 5.03. The fourth-order valence-corrected chi connectivity index (χ4v) is 1.70. The van der Waals surface area contributed by atoms with Gasteiger partial charge in [0.25, 0.3) is 0 Å². The van der Waals surface area contributed by atoms with E-state index in [9.17, 15) is 13.2 Å². The molecule has 0 N–H and O–H groups in total. The van der Waals surface area contributed by atoms with Crippen molar-refractivity contribution in [2.24, 2.45) is 0 Å². The number of alkyl halides is 3. The SMILES string of the molecule is C[Si](C)(C)C#CC=Cc1ccc(C(F)(F)F)cc1. The standard InChI is InChI=1S/C14H15F3Si/c1-18(2,3)11-5-4-6-12-7-9-13(10-8-12)14(15,16)17/h4,6-10H,1-3H3. The van der Waals surface area contributed by atoms with E-state index in [-0.39, 0.29) is 0 Å². The molecule has 0 nitrogen and oxygen atoms in total.